The summed E-state index contributed by atoms with van der Waals surface area (Å²) < 4.78 is 0. The van der Waals surface area contributed by atoms with Gasteiger partial charge in [0.2, 0.25) is 5.91 Å². The summed E-state index contributed by atoms with van der Waals surface area (Å²) in [6, 6.07) is 17.7. The van der Waals surface area contributed by atoms with Crippen LogP contribution >= 0.6 is 24.0 Å². The van der Waals surface area contributed by atoms with Crippen LogP contribution in [0, 0.1) is 0 Å². The van der Waals surface area contributed by atoms with Crippen LogP contribution in [0.2, 0.25) is 5.02 Å². The molecule has 2 aromatic carbocycles. The van der Waals surface area contributed by atoms with E-state index in [2.05, 4.69) is 25.2 Å². The summed E-state index contributed by atoms with van der Waals surface area (Å²) in [5.41, 5.74) is 9.41. The van der Waals surface area contributed by atoms with Crippen molar-refractivity contribution in [3.63, 3.8) is 0 Å². The number of aromatic nitrogens is 3. The van der Waals surface area contributed by atoms with Gasteiger partial charge in [-0.15, -0.1) is 12.4 Å². The quantitative estimate of drug-likeness (QED) is 0.382. The highest BCUT2D eigenvalue weighted by Crippen LogP contribution is 2.30. The summed E-state index contributed by atoms with van der Waals surface area (Å²) in [6.45, 7) is 1.70. The Kier molecular flexibility index (Phi) is 7.07. The van der Waals surface area contributed by atoms with Gasteiger partial charge in [0.05, 0.1) is 10.9 Å². The molecule has 34 heavy (non-hydrogen) atoms. The number of nitrogens with one attached hydrogen (secondary N) is 2. The van der Waals surface area contributed by atoms with Gasteiger partial charge in [0.15, 0.2) is 0 Å². The lowest BCUT2D eigenvalue weighted by molar-refractivity contribution is -0.127. The second-order valence-corrected chi connectivity index (χ2v) is 8.85. The molecule has 1 amide bonds. The minimum atomic E-state index is -0.907. The normalized spacial score (nSPS) is 15.1. The maximum absolute atomic E-state index is 13.0. The number of aromatic amines is 1. The van der Waals surface area contributed by atoms with Crippen molar-refractivity contribution in [2.24, 2.45) is 5.73 Å². The van der Waals surface area contributed by atoms with E-state index in [9.17, 15) is 4.79 Å². The number of fused-ring (bicyclic) bond motifs is 1. The van der Waals surface area contributed by atoms with Crippen LogP contribution in [-0.4, -0.2) is 39.5 Å². The molecule has 1 aliphatic heterocycles. The Morgan fingerprint density at radius 2 is 1.88 bits per heavy atom. The van der Waals surface area contributed by atoms with E-state index in [4.69, 9.17) is 17.3 Å². The van der Waals surface area contributed by atoms with Crippen molar-refractivity contribution in [1.29, 1.82) is 0 Å². The minimum absolute atomic E-state index is 0. The van der Waals surface area contributed by atoms with Crippen LogP contribution < -0.4 is 16.0 Å². The summed E-state index contributed by atoms with van der Waals surface area (Å²) in [6.07, 6.45) is 4.50. The number of hydrogen-bond donors (Lipinski definition) is 3. The monoisotopic (exact) mass is 496 g/mol. The highest BCUT2D eigenvalue weighted by Gasteiger charge is 2.38. The number of halogens is 2. The molecule has 176 valence electrons. The maximum atomic E-state index is 13.0. The van der Waals surface area contributed by atoms with Crippen LogP contribution in [0.4, 0.5) is 5.82 Å². The van der Waals surface area contributed by atoms with Gasteiger partial charge in [0, 0.05) is 36.4 Å². The average molecular weight is 497 g/mol. The summed E-state index contributed by atoms with van der Waals surface area (Å²) >= 11 is 6.41. The van der Waals surface area contributed by atoms with Gasteiger partial charge in [-0.2, -0.15) is 0 Å². The van der Waals surface area contributed by atoms with E-state index >= 15 is 0 Å². The van der Waals surface area contributed by atoms with Gasteiger partial charge >= 0.3 is 0 Å². The van der Waals surface area contributed by atoms with Crippen molar-refractivity contribution in [2.45, 2.75) is 24.9 Å². The van der Waals surface area contributed by atoms with Gasteiger partial charge in [-0.3, -0.25) is 4.79 Å². The van der Waals surface area contributed by atoms with E-state index in [1.54, 1.807) is 6.33 Å². The molecule has 0 spiro atoms. The standard InChI is InChI=1S/C25H25ClN6O.ClH/c26-21-7-6-17(14-20(21)18-4-2-1-3-5-18)15-29-24(33)25(27)9-12-32(13-10-25)23-19-8-11-28-22(19)30-16-31-23;/h1-8,11,14,16H,9-10,12-13,15,27H2,(H,29,33)(H,28,30,31);1H. The molecule has 0 aliphatic carbocycles. The molecule has 3 heterocycles. The fourth-order valence-corrected chi connectivity index (χ4v) is 4.56. The number of H-pyrrole nitrogens is 1. The Morgan fingerprint density at radius 3 is 2.65 bits per heavy atom. The van der Waals surface area contributed by atoms with Gasteiger partial charge in [-0.1, -0.05) is 48.0 Å². The zero-order valence-corrected chi connectivity index (χ0v) is 20.1. The Labute approximate surface area is 209 Å². The van der Waals surface area contributed by atoms with E-state index in [1.807, 2.05) is 60.8 Å². The second-order valence-electron chi connectivity index (χ2n) is 8.44. The molecule has 2 aromatic heterocycles. The van der Waals surface area contributed by atoms with Gasteiger partial charge in [-0.25, -0.2) is 9.97 Å². The van der Waals surface area contributed by atoms with Crippen molar-refractivity contribution >= 4 is 46.8 Å². The Morgan fingerprint density at radius 1 is 1.12 bits per heavy atom. The Hall–Kier alpha value is -3.13. The van der Waals surface area contributed by atoms with Crippen molar-refractivity contribution in [3.8, 4) is 11.1 Å². The van der Waals surface area contributed by atoms with Crippen LogP contribution in [0.3, 0.4) is 0 Å². The lowest BCUT2D eigenvalue weighted by Crippen LogP contribution is -2.59. The third-order valence-corrected chi connectivity index (χ3v) is 6.64. The average Bonchev–Trinajstić information content (AvgIpc) is 3.33. The van der Waals surface area contributed by atoms with Gasteiger partial charge in [0.25, 0.3) is 0 Å². The number of anilines is 1. The zero-order valence-electron chi connectivity index (χ0n) is 18.5. The summed E-state index contributed by atoms with van der Waals surface area (Å²) in [5.74, 6) is 0.742. The third kappa shape index (κ3) is 4.73. The van der Waals surface area contributed by atoms with E-state index in [1.165, 1.54) is 0 Å². The fourth-order valence-electron chi connectivity index (χ4n) is 4.33. The molecule has 7 nitrogen and oxygen atoms in total. The van der Waals surface area contributed by atoms with Gasteiger partial charge in [-0.05, 0) is 42.2 Å². The van der Waals surface area contributed by atoms with Crippen LogP contribution in [0.15, 0.2) is 67.1 Å². The third-order valence-electron chi connectivity index (χ3n) is 6.31. The van der Waals surface area contributed by atoms with Crippen LogP contribution in [0.5, 0.6) is 0 Å². The smallest absolute Gasteiger partial charge is 0.240 e. The molecule has 0 saturated carbocycles. The maximum Gasteiger partial charge on any atom is 0.240 e. The molecule has 4 N–H and O–H groups in total. The highest BCUT2D eigenvalue weighted by atomic mass is 35.5. The number of carbonyl (C=O) groups is 1. The van der Waals surface area contributed by atoms with Gasteiger partial charge in [0.1, 0.15) is 17.8 Å². The first-order valence-electron chi connectivity index (χ1n) is 11.0. The first-order chi connectivity index (χ1) is 16.0. The van der Waals surface area contributed by atoms with Crippen molar-refractivity contribution in [3.05, 3.63) is 77.7 Å². The predicted molar refractivity (Wildman–Crippen MR) is 138 cm³/mol. The molecule has 1 fully saturated rings. The summed E-state index contributed by atoms with van der Waals surface area (Å²) in [5, 5.41) is 4.69. The Bertz CT molecular complexity index is 1290. The molecule has 0 bridgehead atoms. The molecular weight excluding hydrogens is 471 g/mol. The highest BCUT2D eigenvalue weighted by molar-refractivity contribution is 6.33. The molecule has 0 atom stereocenters. The predicted octanol–water partition coefficient (Wildman–Crippen LogP) is 4.31. The number of hydrogen-bond acceptors (Lipinski definition) is 5. The van der Waals surface area contributed by atoms with E-state index in [-0.39, 0.29) is 18.3 Å². The number of amides is 1. The van der Waals surface area contributed by atoms with Crippen molar-refractivity contribution in [1.82, 2.24) is 20.3 Å². The molecular formula is C25H26Cl2N6O. The van der Waals surface area contributed by atoms with Crippen molar-refractivity contribution in [2.75, 3.05) is 18.0 Å². The van der Waals surface area contributed by atoms with Crippen LogP contribution in [0.1, 0.15) is 18.4 Å². The topological polar surface area (TPSA) is 99.9 Å². The largest absolute Gasteiger partial charge is 0.356 e. The number of benzene rings is 2. The van der Waals surface area contributed by atoms with Crippen LogP contribution in [0.25, 0.3) is 22.2 Å². The lowest BCUT2D eigenvalue weighted by Gasteiger charge is -2.38. The second kappa shape index (κ2) is 10.0. The molecule has 4 aromatic rings. The first-order valence-corrected chi connectivity index (χ1v) is 11.4. The molecule has 1 saturated heterocycles. The number of rotatable bonds is 5. The number of carbonyl (C=O) groups excluding carboxylic acids is 1. The van der Waals surface area contributed by atoms with Crippen LogP contribution in [-0.2, 0) is 11.3 Å². The molecule has 0 radical (unpaired) electrons. The lowest BCUT2D eigenvalue weighted by atomic mass is 9.87. The minimum Gasteiger partial charge on any atom is -0.356 e. The van der Waals surface area contributed by atoms with E-state index in [0.717, 1.165) is 33.5 Å². The van der Waals surface area contributed by atoms with E-state index in [0.29, 0.717) is 37.5 Å². The first kappa shape index (κ1) is 24.0. The SMILES string of the molecule is Cl.NC1(C(=O)NCc2ccc(Cl)c(-c3ccccc3)c2)CCN(c2ncnc3[nH]ccc23)CC1. The number of nitrogens with two attached hydrogens (primary N) is 1. The van der Waals surface area contributed by atoms with Gasteiger partial charge < -0.3 is 20.9 Å². The zero-order chi connectivity index (χ0) is 22.8. The summed E-state index contributed by atoms with van der Waals surface area (Å²) in [7, 11) is 0. The molecule has 1 aliphatic rings. The molecule has 5 rings (SSSR count). The molecule has 9 heteroatoms. The number of piperidine rings is 1. The Balaban J connectivity index is 0.00000274. The summed E-state index contributed by atoms with van der Waals surface area (Å²) in [4.78, 5) is 27.0. The van der Waals surface area contributed by atoms with E-state index < -0.39 is 5.54 Å². The fraction of sp³-hybridized carbons (Fsp3) is 0.240. The molecule has 0 unspecified atom stereocenters. The number of nitrogens with zero attached hydrogens (tertiary/aromatic N) is 3. The van der Waals surface area contributed by atoms with Crippen molar-refractivity contribution < 1.29 is 4.79 Å².